The third kappa shape index (κ3) is 6.00. The molecule has 7 nitrogen and oxygen atoms in total. The highest BCUT2D eigenvalue weighted by atomic mass is 35.5. The summed E-state index contributed by atoms with van der Waals surface area (Å²) in [6.45, 7) is 11.9. The van der Waals surface area contributed by atoms with E-state index in [1.807, 2.05) is 13.8 Å². The van der Waals surface area contributed by atoms with Gasteiger partial charge in [0, 0.05) is 27.3 Å². The van der Waals surface area contributed by atoms with Crippen molar-refractivity contribution >= 4 is 35.1 Å². The van der Waals surface area contributed by atoms with Crippen LogP contribution in [0.2, 0.25) is 10.0 Å². The molecule has 2 aromatic rings. The minimum atomic E-state index is -0.832. The third-order valence-electron chi connectivity index (χ3n) is 11.8. The van der Waals surface area contributed by atoms with Crippen molar-refractivity contribution in [3.8, 4) is 0 Å². The molecule has 0 N–H and O–H groups in total. The van der Waals surface area contributed by atoms with Gasteiger partial charge in [0.15, 0.2) is 5.79 Å². The lowest BCUT2D eigenvalue weighted by Gasteiger charge is -2.67. The highest BCUT2D eigenvalue weighted by Gasteiger charge is 2.70. The Balaban J connectivity index is 1.26. The van der Waals surface area contributed by atoms with Crippen LogP contribution < -0.4 is 0 Å². The first-order valence-corrected chi connectivity index (χ1v) is 17.3. The Hall–Kier alpha value is -2.16. The van der Waals surface area contributed by atoms with Crippen molar-refractivity contribution in [2.45, 2.75) is 103 Å². The summed E-state index contributed by atoms with van der Waals surface area (Å²) in [5, 5.41) is 0.932. The van der Waals surface area contributed by atoms with Gasteiger partial charge in [0.05, 0.1) is 36.0 Å². The van der Waals surface area contributed by atoms with Gasteiger partial charge in [0.1, 0.15) is 12.2 Å². The molecule has 2 aliphatic heterocycles. The summed E-state index contributed by atoms with van der Waals surface area (Å²) in [4.78, 5) is 26.1. The lowest BCUT2D eigenvalue weighted by atomic mass is 9.43. The van der Waals surface area contributed by atoms with Crippen molar-refractivity contribution in [3.05, 3.63) is 69.7 Å². The van der Waals surface area contributed by atoms with Gasteiger partial charge < -0.3 is 23.7 Å². The molecule has 0 bridgehead atoms. The van der Waals surface area contributed by atoms with Gasteiger partial charge in [-0.05, 0) is 101 Å². The fourth-order valence-corrected chi connectivity index (χ4v) is 9.65. The van der Waals surface area contributed by atoms with Crippen LogP contribution in [0, 0.1) is 22.7 Å². The van der Waals surface area contributed by atoms with Gasteiger partial charge in [-0.1, -0.05) is 56.1 Å². The number of fused-ring (bicyclic) bond motifs is 4. The number of esters is 2. The van der Waals surface area contributed by atoms with Crippen LogP contribution in [0.1, 0.15) is 100 Å². The first-order valence-electron chi connectivity index (χ1n) is 16.6. The van der Waals surface area contributed by atoms with E-state index < -0.39 is 28.9 Å². The predicted octanol–water partition coefficient (Wildman–Crippen LogP) is 8.69. The quantitative estimate of drug-likeness (QED) is 0.272. The molecular weight excluding hydrogens is 627 g/mol. The molecule has 6 rings (SSSR count). The molecule has 4 fully saturated rings. The monoisotopic (exact) mass is 672 g/mol. The highest BCUT2D eigenvalue weighted by molar-refractivity contribution is 6.31. The summed E-state index contributed by atoms with van der Waals surface area (Å²) in [6, 6.07) is 13.4. The van der Waals surface area contributed by atoms with Gasteiger partial charge in [-0.25, -0.2) is 9.59 Å². The molecule has 0 aromatic heterocycles. The van der Waals surface area contributed by atoms with Crippen molar-refractivity contribution in [2.24, 2.45) is 22.7 Å². The molecule has 7 atom stereocenters. The largest absolute Gasteiger partial charge is 0.462 e. The maximum atomic E-state index is 13.2. The Labute approximate surface area is 282 Å². The standard InChI is InChI=1S/C37H46Cl2O7/c1-24-12-13-29-34(4)22-44-33(2,3)45-30(34)14-15-35(29,5)37(24)17-16-36(46-37,23-43-32(41)26-9-7-11-28(39)21-26)18-19-42-31(40)25-8-6-10-27(38)20-25/h6-11,20-21,24,29-30H,12-19,22-23H2,1-5H3/t24-,29-,30+,34+,35+,36+,37+/m1/s1. The summed E-state index contributed by atoms with van der Waals surface area (Å²) in [7, 11) is 0. The van der Waals surface area contributed by atoms with E-state index in [0.29, 0.717) is 46.5 Å². The molecule has 2 saturated heterocycles. The normalized spacial score (nSPS) is 36.5. The molecule has 9 heteroatoms. The molecule has 4 aliphatic rings. The van der Waals surface area contributed by atoms with E-state index in [0.717, 1.165) is 32.1 Å². The van der Waals surface area contributed by atoms with E-state index in [1.165, 1.54) is 0 Å². The van der Waals surface area contributed by atoms with E-state index in [2.05, 4.69) is 20.8 Å². The molecule has 1 spiro atoms. The maximum absolute atomic E-state index is 13.2. The second-order valence-electron chi connectivity index (χ2n) is 14.9. The fourth-order valence-electron chi connectivity index (χ4n) is 9.27. The molecule has 2 aliphatic carbocycles. The van der Waals surface area contributed by atoms with Crippen LogP contribution in [0.15, 0.2) is 48.5 Å². The molecule has 46 heavy (non-hydrogen) atoms. The Kier molecular flexibility index (Phi) is 9.08. The summed E-state index contributed by atoms with van der Waals surface area (Å²) in [5.74, 6) is -0.890. The van der Waals surface area contributed by atoms with Crippen LogP contribution in [-0.2, 0) is 23.7 Å². The second-order valence-corrected chi connectivity index (χ2v) is 15.8. The second kappa shape index (κ2) is 12.4. The van der Waals surface area contributed by atoms with Crippen LogP contribution in [0.4, 0.5) is 0 Å². The van der Waals surface area contributed by atoms with E-state index in [-0.39, 0.29) is 36.1 Å². The van der Waals surface area contributed by atoms with Crippen molar-refractivity contribution in [1.29, 1.82) is 0 Å². The minimum absolute atomic E-state index is 0.0442. The van der Waals surface area contributed by atoms with Gasteiger partial charge in [0.25, 0.3) is 0 Å². The molecule has 0 amide bonds. The first kappa shape index (κ1) is 33.7. The van der Waals surface area contributed by atoms with Crippen molar-refractivity contribution in [2.75, 3.05) is 19.8 Å². The van der Waals surface area contributed by atoms with Gasteiger partial charge in [0.2, 0.25) is 0 Å². The van der Waals surface area contributed by atoms with Gasteiger partial charge in [-0.15, -0.1) is 0 Å². The Morgan fingerprint density at radius 3 is 2.17 bits per heavy atom. The van der Waals surface area contributed by atoms with E-state index >= 15 is 0 Å². The van der Waals surface area contributed by atoms with Crippen LogP contribution in [0.25, 0.3) is 0 Å². The van der Waals surface area contributed by atoms with Crippen LogP contribution in [0.3, 0.4) is 0 Å². The molecule has 0 unspecified atom stereocenters. The number of halogens is 2. The van der Waals surface area contributed by atoms with Gasteiger partial charge in [-0.2, -0.15) is 0 Å². The number of hydrogen-bond donors (Lipinski definition) is 0. The lowest BCUT2D eigenvalue weighted by Crippen LogP contribution is -2.69. The Bertz CT molecular complexity index is 1480. The molecule has 2 saturated carbocycles. The number of ether oxygens (including phenoxy) is 5. The predicted molar refractivity (Wildman–Crippen MR) is 176 cm³/mol. The molecule has 2 aromatic carbocycles. The first-order chi connectivity index (χ1) is 21.7. The smallest absolute Gasteiger partial charge is 0.338 e. The zero-order valence-corrected chi connectivity index (χ0v) is 29.0. The van der Waals surface area contributed by atoms with Crippen LogP contribution >= 0.6 is 23.2 Å². The molecule has 0 radical (unpaired) electrons. The van der Waals surface area contributed by atoms with Gasteiger partial charge in [-0.3, -0.25) is 0 Å². The fraction of sp³-hybridized carbons (Fsp3) is 0.622. The summed E-state index contributed by atoms with van der Waals surface area (Å²) in [5.41, 5.74) is -0.806. The lowest BCUT2D eigenvalue weighted by molar-refractivity contribution is -0.359. The number of benzene rings is 2. The van der Waals surface area contributed by atoms with Crippen molar-refractivity contribution in [1.82, 2.24) is 0 Å². The third-order valence-corrected chi connectivity index (χ3v) is 12.2. The van der Waals surface area contributed by atoms with E-state index in [1.54, 1.807) is 48.5 Å². The summed E-state index contributed by atoms with van der Waals surface area (Å²) < 4.78 is 32.0. The number of carbonyl (C=O) groups excluding carboxylic acids is 2. The topological polar surface area (TPSA) is 80.3 Å². The number of hydrogen-bond acceptors (Lipinski definition) is 7. The van der Waals surface area contributed by atoms with E-state index in [9.17, 15) is 9.59 Å². The van der Waals surface area contributed by atoms with Crippen molar-refractivity contribution < 1.29 is 33.3 Å². The Morgan fingerprint density at radius 1 is 0.870 bits per heavy atom. The van der Waals surface area contributed by atoms with Crippen LogP contribution in [0.5, 0.6) is 0 Å². The minimum Gasteiger partial charge on any atom is -0.462 e. The summed E-state index contributed by atoms with van der Waals surface area (Å²) in [6.07, 6.45) is 6.02. The Morgan fingerprint density at radius 2 is 1.52 bits per heavy atom. The molecule has 250 valence electrons. The molecule has 2 heterocycles. The van der Waals surface area contributed by atoms with Crippen molar-refractivity contribution in [3.63, 3.8) is 0 Å². The zero-order chi connectivity index (χ0) is 33.0. The number of carbonyl (C=O) groups is 2. The SMILES string of the molecule is C[C@@H]1CC[C@@H]2[C@]3(C)COC(C)(C)O[C@H]3CC[C@]2(C)[C@]12CC[C@](CCOC(=O)c1cccc(Cl)c1)(COC(=O)c1cccc(Cl)c1)O2. The van der Waals surface area contributed by atoms with E-state index in [4.69, 9.17) is 46.9 Å². The average Bonchev–Trinajstić information content (AvgIpc) is 3.40. The van der Waals surface area contributed by atoms with Crippen LogP contribution in [-0.4, -0.2) is 54.9 Å². The average molecular weight is 674 g/mol. The highest BCUT2D eigenvalue weighted by Crippen LogP contribution is 2.69. The molecular formula is C37H46Cl2O7. The van der Waals surface area contributed by atoms with Gasteiger partial charge >= 0.3 is 11.9 Å². The zero-order valence-electron chi connectivity index (χ0n) is 27.5. The summed E-state index contributed by atoms with van der Waals surface area (Å²) >= 11 is 12.3. The number of rotatable bonds is 7. The maximum Gasteiger partial charge on any atom is 0.338 e.